The maximum atomic E-state index is 11.1. The zero-order valence-corrected chi connectivity index (χ0v) is 10.4. The summed E-state index contributed by atoms with van der Waals surface area (Å²) in [5.41, 5.74) is -0.651. The first-order valence-corrected chi connectivity index (χ1v) is 6.82. The topological polar surface area (TPSA) is 112 Å². The van der Waals surface area contributed by atoms with Crippen LogP contribution in [0.15, 0.2) is 30.3 Å². The van der Waals surface area contributed by atoms with E-state index in [1.807, 2.05) is 0 Å². The van der Waals surface area contributed by atoms with Gasteiger partial charge in [0.1, 0.15) is 17.1 Å². The van der Waals surface area contributed by atoms with Crippen LogP contribution in [0.3, 0.4) is 0 Å². The van der Waals surface area contributed by atoms with Gasteiger partial charge in [0.15, 0.2) is 0 Å². The fourth-order valence-corrected chi connectivity index (χ4v) is 2.64. The van der Waals surface area contributed by atoms with Crippen LogP contribution in [0, 0.1) is 0 Å². The molecule has 0 bridgehead atoms. The second-order valence-electron chi connectivity index (χ2n) is 4.00. The highest BCUT2D eigenvalue weighted by Crippen LogP contribution is 2.31. The molecule has 0 spiro atoms. The summed E-state index contributed by atoms with van der Waals surface area (Å²) in [6, 6.07) is 7.65. The standard InChI is InChI=1S/C12H10O6S/c13-10-5-7-3-1-2-4-8(7)9(6-19(16,17)18)11(10)12(14)15/h1-5,13H,6H2,(H,14,15)(H,16,17,18). The van der Waals surface area contributed by atoms with Crippen LogP contribution in [0.4, 0.5) is 0 Å². The summed E-state index contributed by atoms with van der Waals surface area (Å²) in [4.78, 5) is 11.1. The summed E-state index contributed by atoms with van der Waals surface area (Å²) >= 11 is 0. The predicted octanol–water partition coefficient (Wildman–Crippen LogP) is 1.63. The van der Waals surface area contributed by atoms with Gasteiger partial charge in [0.25, 0.3) is 10.1 Å². The van der Waals surface area contributed by atoms with E-state index < -0.39 is 33.2 Å². The van der Waals surface area contributed by atoms with Gasteiger partial charge < -0.3 is 10.2 Å². The third kappa shape index (κ3) is 2.67. The van der Waals surface area contributed by atoms with E-state index in [0.717, 1.165) is 0 Å². The van der Waals surface area contributed by atoms with E-state index in [0.29, 0.717) is 10.8 Å². The van der Waals surface area contributed by atoms with Crippen LogP contribution in [0.25, 0.3) is 10.8 Å². The molecule has 7 heteroatoms. The van der Waals surface area contributed by atoms with Gasteiger partial charge in [0.05, 0.1) is 0 Å². The highest BCUT2D eigenvalue weighted by molar-refractivity contribution is 7.85. The number of hydrogen-bond donors (Lipinski definition) is 3. The highest BCUT2D eigenvalue weighted by Gasteiger charge is 2.22. The van der Waals surface area contributed by atoms with Crippen LogP contribution in [0.1, 0.15) is 15.9 Å². The van der Waals surface area contributed by atoms with Crippen molar-refractivity contribution in [3.8, 4) is 5.75 Å². The minimum absolute atomic E-state index is 0.134. The number of fused-ring (bicyclic) bond motifs is 1. The number of aromatic carboxylic acids is 1. The van der Waals surface area contributed by atoms with Gasteiger partial charge in [-0.15, -0.1) is 0 Å². The molecule has 19 heavy (non-hydrogen) atoms. The van der Waals surface area contributed by atoms with Gasteiger partial charge in [-0.25, -0.2) is 4.79 Å². The number of benzene rings is 2. The van der Waals surface area contributed by atoms with Crippen LogP contribution in [0.5, 0.6) is 5.75 Å². The third-order valence-corrected chi connectivity index (χ3v) is 3.33. The molecule has 0 heterocycles. The molecule has 0 aliphatic rings. The third-order valence-electron chi connectivity index (χ3n) is 2.68. The number of aromatic hydroxyl groups is 1. The van der Waals surface area contributed by atoms with Gasteiger partial charge in [-0.05, 0) is 22.4 Å². The molecule has 0 atom stereocenters. The molecule has 0 aliphatic carbocycles. The van der Waals surface area contributed by atoms with Crippen LogP contribution in [0.2, 0.25) is 0 Å². The Labute approximate surface area is 108 Å². The summed E-state index contributed by atoms with van der Waals surface area (Å²) in [7, 11) is -4.42. The number of phenols is 1. The van der Waals surface area contributed by atoms with Gasteiger partial charge in [0, 0.05) is 0 Å². The predicted molar refractivity (Wildman–Crippen MR) is 67.8 cm³/mol. The Kier molecular flexibility index (Phi) is 3.17. The zero-order valence-electron chi connectivity index (χ0n) is 9.57. The molecule has 0 saturated heterocycles. The van der Waals surface area contributed by atoms with E-state index in [1.54, 1.807) is 18.2 Å². The Bertz CT molecular complexity index is 763. The molecule has 2 aromatic rings. The van der Waals surface area contributed by atoms with Gasteiger partial charge in [-0.1, -0.05) is 24.3 Å². The normalized spacial score (nSPS) is 11.6. The Morgan fingerprint density at radius 3 is 2.42 bits per heavy atom. The molecule has 3 N–H and O–H groups in total. The minimum atomic E-state index is -4.42. The summed E-state index contributed by atoms with van der Waals surface area (Å²) in [5.74, 6) is -2.87. The van der Waals surface area contributed by atoms with Crippen molar-refractivity contribution >= 4 is 26.9 Å². The lowest BCUT2D eigenvalue weighted by Gasteiger charge is -2.11. The van der Waals surface area contributed by atoms with Crippen molar-refractivity contribution in [2.45, 2.75) is 5.75 Å². The maximum absolute atomic E-state index is 11.1. The molecular weight excluding hydrogens is 272 g/mol. The fraction of sp³-hybridized carbons (Fsp3) is 0.0833. The molecule has 0 aromatic heterocycles. The van der Waals surface area contributed by atoms with Crippen LogP contribution in [-0.4, -0.2) is 29.2 Å². The largest absolute Gasteiger partial charge is 0.507 e. The van der Waals surface area contributed by atoms with Crippen molar-refractivity contribution in [1.82, 2.24) is 0 Å². The molecule has 0 aliphatic heterocycles. The second kappa shape index (κ2) is 4.52. The van der Waals surface area contributed by atoms with Crippen molar-refractivity contribution in [2.75, 3.05) is 0 Å². The highest BCUT2D eigenvalue weighted by atomic mass is 32.2. The first-order chi connectivity index (χ1) is 8.79. The van der Waals surface area contributed by atoms with Gasteiger partial charge in [-0.2, -0.15) is 8.42 Å². The summed E-state index contributed by atoms with van der Waals surface area (Å²) in [6.07, 6.45) is 0. The van der Waals surface area contributed by atoms with E-state index in [-0.39, 0.29) is 5.56 Å². The number of rotatable bonds is 3. The number of carboxylic acids is 1. The first-order valence-electron chi connectivity index (χ1n) is 5.21. The lowest BCUT2D eigenvalue weighted by Crippen LogP contribution is -2.09. The fourth-order valence-electron chi connectivity index (χ4n) is 1.98. The lowest BCUT2D eigenvalue weighted by atomic mass is 9.99. The average Bonchev–Trinajstić information content (AvgIpc) is 2.26. The van der Waals surface area contributed by atoms with Crippen molar-refractivity contribution in [1.29, 1.82) is 0 Å². The molecule has 0 amide bonds. The number of carbonyl (C=O) groups is 1. The Hall–Kier alpha value is -2.12. The summed E-state index contributed by atoms with van der Waals surface area (Å²) in [6.45, 7) is 0. The van der Waals surface area contributed by atoms with Gasteiger partial charge in [-0.3, -0.25) is 4.55 Å². The van der Waals surface area contributed by atoms with E-state index in [1.165, 1.54) is 12.1 Å². The molecule has 6 nitrogen and oxygen atoms in total. The monoisotopic (exact) mass is 282 g/mol. The molecule has 0 unspecified atom stereocenters. The summed E-state index contributed by atoms with van der Waals surface area (Å²) in [5, 5.41) is 19.6. The number of carboxylic acid groups (broad SMARTS) is 1. The smallest absolute Gasteiger partial charge is 0.339 e. The van der Waals surface area contributed by atoms with E-state index in [9.17, 15) is 18.3 Å². The molecule has 100 valence electrons. The quantitative estimate of drug-likeness (QED) is 0.738. The van der Waals surface area contributed by atoms with Crippen LogP contribution in [-0.2, 0) is 15.9 Å². The first kappa shape index (κ1) is 13.3. The van der Waals surface area contributed by atoms with Crippen molar-refractivity contribution in [2.24, 2.45) is 0 Å². The molecular formula is C12H10O6S. The molecule has 2 rings (SSSR count). The van der Waals surface area contributed by atoms with Crippen molar-refractivity contribution in [3.63, 3.8) is 0 Å². The van der Waals surface area contributed by atoms with Crippen molar-refractivity contribution < 1.29 is 28.0 Å². The Morgan fingerprint density at radius 1 is 1.21 bits per heavy atom. The van der Waals surface area contributed by atoms with Crippen LogP contribution < -0.4 is 0 Å². The van der Waals surface area contributed by atoms with Crippen molar-refractivity contribution in [3.05, 3.63) is 41.5 Å². The molecule has 0 fully saturated rings. The van der Waals surface area contributed by atoms with E-state index in [4.69, 9.17) is 9.66 Å². The maximum Gasteiger partial charge on any atom is 0.339 e. The van der Waals surface area contributed by atoms with E-state index >= 15 is 0 Å². The molecule has 0 radical (unpaired) electrons. The number of hydrogen-bond acceptors (Lipinski definition) is 4. The Balaban J connectivity index is 2.88. The minimum Gasteiger partial charge on any atom is -0.507 e. The second-order valence-corrected chi connectivity index (χ2v) is 5.45. The van der Waals surface area contributed by atoms with Gasteiger partial charge in [0.2, 0.25) is 0 Å². The van der Waals surface area contributed by atoms with E-state index in [2.05, 4.69) is 0 Å². The SMILES string of the molecule is O=C(O)c1c(O)cc2ccccc2c1CS(=O)(=O)O. The zero-order chi connectivity index (χ0) is 14.2. The average molecular weight is 282 g/mol. The summed E-state index contributed by atoms with van der Waals surface area (Å²) < 4.78 is 30.9. The molecule has 2 aromatic carbocycles. The van der Waals surface area contributed by atoms with Gasteiger partial charge >= 0.3 is 5.97 Å². The molecule has 0 saturated carbocycles. The Morgan fingerprint density at radius 2 is 1.84 bits per heavy atom. The van der Waals surface area contributed by atoms with Crippen LogP contribution >= 0.6 is 0 Å². The lowest BCUT2D eigenvalue weighted by molar-refractivity contribution is 0.0693.